The Morgan fingerprint density at radius 3 is 2.33 bits per heavy atom. The van der Waals surface area contributed by atoms with E-state index in [1.807, 2.05) is 0 Å². The number of primary amides is 1. The van der Waals surface area contributed by atoms with Gasteiger partial charge in [-0.1, -0.05) is 0 Å². The van der Waals surface area contributed by atoms with Crippen molar-refractivity contribution in [3.05, 3.63) is 0 Å². The van der Waals surface area contributed by atoms with Gasteiger partial charge in [0.25, 0.3) is 0 Å². The van der Waals surface area contributed by atoms with Crippen molar-refractivity contribution in [2.24, 2.45) is 23.1 Å². The van der Waals surface area contributed by atoms with E-state index in [0.29, 0.717) is 26.2 Å². The van der Waals surface area contributed by atoms with E-state index in [4.69, 9.17) is 17.2 Å². The third kappa shape index (κ3) is 4.25. The lowest BCUT2D eigenvalue weighted by molar-refractivity contribution is -0.128. The molecule has 0 bridgehead atoms. The molecule has 0 aliphatic carbocycles. The lowest BCUT2D eigenvalue weighted by Crippen LogP contribution is -2.40. The first-order chi connectivity index (χ1) is 8.58. The molecule has 2 amide bonds. The summed E-state index contributed by atoms with van der Waals surface area (Å²) in [6.45, 7) is 4.42. The number of carbonyl (C=O) groups excluding carboxylic acids is 2. The van der Waals surface area contributed by atoms with Crippen molar-refractivity contribution in [3.63, 3.8) is 0 Å². The number of likely N-dealkylation sites (tertiary alicyclic amines) is 1. The molecule has 1 aliphatic heterocycles. The van der Waals surface area contributed by atoms with Crippen molar-refractivity contribution >= 4 is 11.8 Å². The third-order valence-corrected chi connectivity index (χ3v) is 3.19. The van der Waals surface area contributed by atoms with Crippen LogP contribution >= 0.6 is 0 Å². The monoisotopic (exact) mass is 257 g/mol. The molecule has 1 rings (SSSR count). The fourth-order valence-electron chi connectivity index (χ4n) is 2.14. The van der Waals surface area contributed by atoms with E-state index in [2.05, 4.69) is 4.90 Å². The zero-order valence-corrected chi connectivity index (χ0v) is 10.7. The van der Waals surface area contributed by atoms with E-state index in [-0.39, 0.29) is 18.2 Å². The molecule has 1 aliphatic rings. The Kier molecular flexibility index (Phi) is 6.03. The molecule has 0 saturated carbocycles. The van der Waals surface area contributed by atoms with Crippen LogP contribution in [-0.4, -0.2) is 67.4 Å². The first-order valence-electron chi connectivity index (χ1n) is 6.28. The van der Waals surface area contributed by atoms with Gasteiger partial charge >= 0.3 is 0 Å². The van der Waals surface area contributed by atoms with Crippen molar-refractivity contribution in [2.75, 3.05) is 45.8 Å². The molecule has 6 N–H and O–H groups in total. The average Bonchev–Trinajstić information content (AvgIpc) is 2.68. The highest BCUT2D eigenvalue weighted by atomic mass is 16.2. The minimum Gasteiger partial charge on any atom is -0.369 e. The second-order valence-electron chi connectivity index (χ2n) is 4.56. The van der Waals surface area contributed by atoms with E-state index in [1.165, 1.54) is 0 Å². The largest absolute Gasteiger partial charge is 0.369 e. The zero-order valence-electron chi connectivity index (χ0n) is 10.7. The normalized spacial score (nSPS) is 19.8. The Morgan fingerprint density at radius 1 is 1.28 bits per heavy atom. The fourth-order valence-corrected chi connectivity index (χ4v) is 2.14. The molecule has 7 nitrogen and oxygen atoms in total. The molecule has 0 radical (unpaired) electrons. The molecule has 0 spiro atoms. The second kappa shape index (κ2) is 7.30. The lowest BCUT2D eigenvalue weighted by atomic mass is 10.1. The summed E-state index contributed by atoms with van der Waals surface area (Å²) < 4.78 is 0. The summed E-state index contributed by atoms with van der Waals surface area (Å²) in [6.07, 6.45) is 0.239. The zero-order chi connectivity index (χ0) is 13.5. The SMILES string of the molecule is NCCN(CCN)CCN1CC(C(N)=O)CC1=O. The number of hydrogen-bond donors (Lipinski definition) is 3. The van der Waals surface area contributed by atoms with Crippen LogP contribution in [0.5, 0.6) is 0 Å². The summed E-state index contributed by atoms with van der Waals surface area (Å²) in [7, 11) is 0. The van der Waals surface area contributed by atoms with Crippen LogP contribution in [0.25, 0.3) is 0 Å². The maximum absolute atomic E-state index is 11.7. The molecule has 104 valence electrons. The third-order valence-electron chi connectivity index (χ3n) is 3.19. The van der Waals surface area contributed by atoms with E-state index in [0.717, 1.165) is 19.6 Å². The van der Waals surface area contributed by atoms with Gasteiger partial charge in [-0.3, -0.25) is 14.5 Å². The number of nitrogens with zero attached hydrogens (tertiary/aromatic N) is 2. The van der Waals surface area contributed by atoms with E-state index < -0.39 is 5.91 Å². The van der Waals surface area contributed by atoms with Gasteiger partial charge in [-0.2, -0.15) is 0 Å². The number of carbonyl (C=O) groups is 2. The summed E-state index contributed by atoms with van der Waals surface area (Å²) in [5.74, 6) is -0.735. The Bertz CT molecular complexity index is 291. The lowest BCUT2D eigenvalue weighted by Gasteiger charge is -2.24. The van der Waals surface area contributed by atoms with Gasteiger partial charge in [0.15, 0.2) is 0 Å². The van der Waals surface area contributed by atoms with Crippen LogP contribution in [0.2, 0.25) is 0 Å². The smallest absolute Gasteiger partial charge is 0.223 e. The van der Waals surface area contributed by atoms with Gasteiger partial charge in [0, 0.05) is 52.2 Å². The first-order valence-corrected chi connectivity index (χ1v) is 6.28. The highest BCUT2D eigenvalue weighted by Gasteiger charge is 2.32. The maximum Gasteiger partial charge on any atom is 0.223 e. The van der Waals surface area contributed by atoms with E-state index >= 15 is 0 Å². The van der Waals surface area contributed by atoms with Gasteiger partial charge in [0.05, 0.1) is 5.92 Å². The molecule has 1 heterocycles. The van der Waals surface area contributed by atoms with Gasteiger partial charge in [-0.05, 0) is 0 Å². The summed E-state index contributed by atoms with van der Waals surface area (Å²) >= 11 is 0. The van der Waals surface area contributed by atoms with E-state index in [1.54, 1.807) is 4.90 Å². The van der Waals surface area contributed by atoms with E-state index in [9.17, 15) is 9.59 Å². The van der Waals surface area contributed by atoms with Gasteiger partial charge < -0.3 is 22.1 Å². The Labute approximate surface area is 107 Å². The van der Waals surface area contributed by atoms with Crippen LogP contribution < -0.4 is 17.2 Å². The molecule has 7 heteroatoms. The fraction of sp³-hybridized carbons (Fsp3) is 0.818. The Hall–Kier alpha value is -1.18. The summed E-state index contributed by atoms with van der Waals surface area (Å²) in [4.78, 5) is 26.5. The van der Waals surface area contributed by atoms with Crippen molar-refractivity contribution < 1.29 is 9.59 Å². The van der Waals surface area contributed by atoms with Crippen molar-refractivity contribution in [1.29, 1.82) is 0 Å². The average molecular weight is 257 g/mol. The molecule has 18 heavy (non-hydrogen) atoms. The van der Waals surface area contributed by atoms with Crippen LogP contribution in [0.1, 0.15) is 6.42 Å². The molecule has 1 saturated heterocycles. The number of amides is 2. The second-order valence-corrected chi connectivity index (χ2v) is 4.56. The predicted molar refractivity (Wildman–Crippen MR) is 68.4 cm³/mol. The maximum atomic E-state index is 11.7. The van der Waals surface area contributed by atoms with Crippen LogP contribution in [-0.2, 0) is 9.59 Å². The van der Waals surface area contributed by atoms with Crippen molar-refractivity contribution in [3.8, 4) is 0 Å². The number of nitrogens with two attached hydrogens (primary N) is 3. The molecular weight excluding hydrogens is 234 g/mol. The molecular formula is C11H23N5O2. The predicted octanol–water partition coefficient (Wildman–Crippen LogP) is -2.46. The summed E-state index contributed by atoms with van der Waals surface area (Å²) in [5, 5.41) is 0. The van der Waals surface area contributed by atoms with Gasteiger partial charge in [-0.25, -0.2) is 0 Å². The van der Waals surface area contributed by atoms with Crippen molar-refractivity contribution in [1.82, 2.24) is 9.80 Å². The molecule has 0 aromatic rings. The number of hydrogen-bond acceptors (Lipinski definition) is 5. The van der Waals surface area contributed by atoms with Crippen LogP contribution in [0.3, 0.4) is 0 Å². The molecule has 1 atom stereocenters. The van der Waals surface area contributed by atoms with Gasteiger partial charge in [-0.15, -0.1) is 0 Å². The minimum atomic E-state index is -0.397. The van der Waals surface area contributed by atoms with Crippen molar-refractivity contribution in [2.45, 2.75) is 6.42 Å². The Morgan fingerprint density at radius 2 is 1.89 bits per heavy atom. The highest BCUT2D eigenvalue weighted by molar-refractivity contribution is 5.88. The van der Waals surface area contributed by atoms with Crippen LogP contribution in [0, 0.1) is 5.92 Å². The van der Waals surface area contributed by atoms with Crippen LogP contribution in [0.15, 0.2) is 0 Å². The highest BCUT2D eigenvalue weighted by Crippen LogP contribution is 2.16. The van der Waals surface area contributed by atoms with Crippen LogP contribution in [0.4, 0.5) is 0 Å². The van der Waals surface area contributed by atoms with Gasteiger partial charge in [0.1, 0.15) is 0 Å². The molecule has 0 aromatic heterocycles. The minimum absolute atomic E-state index is 0.000697. The first kappa shape index (κ1) is 14.9. The molecule has 1 unspecified atom stereocenters. The standard InChI is InChI=1S/C11H23N5O2/c12-1-3-15(4-2-13)5-6-16-8-9(11(14)18)7-10(16)17/h9H,1-8,12-13H2,(H2,14,18). The summed E-state index contributed by atoms with van der Waals surface area (Å²) in [6, 6.07) is 0. The molecule has 0 aromatic carbocycles. The molecule has 1 fully saturated rings. The number of rotatable bonds is 8. The van der Waals surface area contributed by atoms with Gasteiger partial charge in [0.2, 0.25) is 11.8 Å². The topological polar surface area (TPSA) is 119 Å². The summed E-state index contributed by atoms with van der Waals surface area (Å²) in [5.41, 5.74) is 16.2. The Balaban J connectivity index is 2.38. The quantitative estimate of drug-likeness (QED) is 0.445.